The number of nitrogens with zero attached hydrogens (tertiary/aromatic N) is 2. The van der Waals surface area contributed by atoms with Crippen LogP contribution in [0.2, 0.25) is 10.0 Å². The van der Waals surface area contributed by atoms with Crippen LogP contribution in [0.25, 0.3) is 0 Å². The van der Waals surface area contributed by atoms with Crippen molar-refractivity contribution in [3.05, 3.63) is 63.6 Å². The summed E-state index contributed by atoms with van der Waals surface area (Å²) in [7, 11) is -3.80. The molecule has 0 aliphatic carbocycles. The first-order valence-corrected chi connectivity index (χ1v) is 13.9. The van der Waals surface area contributed by atoms with E-state index in [1.54, 1.807) is 37.3 Å². The lowest BCUT2D eigenvalue weighted by Gasteiger charge is -2.33. The average molecular weight is 543 g/mol. The summed E-state index contributed by atoms with van der Waals surface area (Å²) in [5, 5.41) is 3.55. The molecular formula is C25H33Cl2N3O4S. The monoisotopic (exact) mass is 541 g/mol. The van der Waals surface area contributed by atoms with Gasteiger partial charge in [0.05, 0.1) is 11.9 Å². The summed E-state index contributed by atoms with van der Waals surface area (Å²) >= 11 is 12.7. The van der Waals surface area contributed by atoms with Crippen LogP contribution >= 0.6 is 23.2 Å². The number of benzene rings is 2. The van der Waals surface area contributed by atoms with E-state index in [0.717, 1.165) is 22.5 Å². The lowest BCUT2D eigenvalue weighted by atomic mass is 10.1. The van der Waals surface area contributed by atoms with E-state index in [1.165, 1.54) is 4.90 Å². The molecule has 0 saturated heterocycles. The van der Waals surface area contributed by atoms with Crippen LogP contribution in [0, 0.1) is 0 Å². The quantitative estimate of drug-likeness (QED) is 0.500. The second-order valence-electron chi connectivity index (χ2n) is 9.43. The van der Waals surface area contributed by atoms with Crippen molar-refractivity contribution in [2.45, 2.75) is 59.2 Å². The Morgan fingerprint density at radius 1 is 1.03 bits per heavy atom. The van der Waals surface area contributed by atoms with Crippen LogP contribution in [-0.4, -0.2) is 49.5 Å². The Hall–Kier alpha value is -2.29. The Kier molecular flexibility index (Phi) is 9.62. The molecule has 192 valence electrons. The van der Waals surface area contributed by atoms with Crippen LogP contribution in [0.15, 0.2) is 42.5 Å². The first-order chi connectivity index (χ1) is 16.1. The maximum atomic E-state index is 13.6. The highest BCUT2D eigenvalue weighted by molar-refractivity contribution is 7.92. The summed E-state index contributed by atoms with van der Waals surface area (Å²) < 4.78 is 26.3. The predicted octanol–water partition coefficient (Wildman–Crippen LogP) is 4.65. The maximum absolute atomic E-state index is 13.6. The summed E-state index contributed by atoms with van der Waals surface area (Å²) in [6.45, 7) is 8.53. The van der Waals surface area contributed by atoms with Crippen LogP contribution in [0.4, 0.5) is 5.69 Å². The van der Waals surface area contributed by atoms with E-state index >= 15 is 0 Å². The van der Waals surface area contributed by atoms with Crippen molar-refractivity contribution in [2.75, 3.05) is 17.1 Å². The molecule has 1 N–H and O–H groups in total. The predicted molar refractivity (Wildman–Crippen MR) is 142 cm³/mol. The average Bonchev–Trinajstić information content (AvgIpc) is 2.75. The van der Waals surface area contributed by atoms with Crippen LogP contribution in [-0.2, 0) is 32.6 Å². The van der Waals surface area contributed by atoms with Crippen molar-refractivity contribution in [3.63, 3.8) is 0 Å². The molecule has 2 aromatic rings. The Morgan fingerprint density at radius 2 is 1.57 bits per heavy atom. The van der Waals surface area contributed by atoms with Gasteiger partial charge in [-0.3, -0.25) is 13.9 Å². The normalized spacial score (nSPS) is 12.7. The summed E-state index contributed by atoms with van der Waals surface area (Å²) in [5.41, 5.74) is 1.34. The number of carbonyl (C=O) groups is 2. The van der Waals surface area contributed by atoms with E-state index < -0.39 is 34.1 Å². The van der Waals surface area contributed by atoms with Gasteiger partial charge >= 0.3 is 0 Å². The molecule has 7 nitrogen and oxygen atoms in total. The molecule has 0 spiro atoms. The summed E-state index contributed by atoms with van der Waals surface area (Å²) in [5.74, 6) is -0.949. The SMILES string of the molecule is CCc1ccc(N(CC(=O)N(Cc2c(Cl)cccc2Cl)C(C)C(=O)NC(C)(C)C)S(C)(=O)=O)cc1. The second-order valence-corrected chi connectivity index (χ2v) is 12.1. The van der Waals surface area contributed by atoms with E-state index in [2.05, 4.69) is 5.32 Å². The van der Waals surface area contributed by atoms with E-state index in [0.29, 0.717) is 21.3 Å². The number of anilines is 1. The fraction of sp³-hybridized carbons (Fsp3) is 0.440. The number of aryl methyl sites for hydroxylation is 1. The first kappa shape index (κ1) is 28.9. The lowest BCUT2D eigenvalue weighted by molar-refractivity contribution is -0.140. The van der Waals surface area contributed by atoms with Gasteiger partial charge in [-0.1, -0.05) is 48.3 Å². The van der Waals surface area contributed by atoms with Crippen molar-refractivity contribution in [2.24, 2.45) is 0 Å². The van der Waals surface area contributed by atoms with Crippen LogP contribution in [0.5, 0.6) is 0 Å². The van der Waals surface area contributed by atoms with Gasteiger partial charge in [0.25, 0.3) is 0 Å². The van der Waals surface area contributed by atoms with E-state index in [-0.39, 0.29) is 12.5 Å². The minimum absolute atomic E-state index is 0.0670. The molecule has 1 atom stereocenters. The third-order valence-electron chi connectivity index (χ3n) is 5.37. The Labute approximate surface area is 218 Å². The van der Waals surface area contributed by atoms with Crippen LogP contribution in [0.1, 0.15) is 45.7 Å². The molecule has 0 fully saturated rings. The zero-order chi connectivity index (χ0) is 26.6. The van der Waals surface area contributed by atoms with Crippen molar-refractivity contribution < 1.29 is 18.0 Å². The van der Waals surface area contributed by atoms with Crippen molar-refractivity contribution in [1.82, 2.24) is 10.2 Å². The molecule has 0 bridgehead atoms. The summed E-state index contributed by atoms with van der Waals surface area (Å²) in [4.78, 5) is 27.9. The van der Waals surface area contributed by atoms with Gasteiger partial charge in [0.1, 0.15) is 12.6 Å². The molecule has 1 unspecified atom stereocenters. The molecule has 0 aliphatic heterocycles. The number of hydrogen-bond acceptors (Lipinski definition) is 4. The Bertz CT molecular complexity index is 1140. The zero-order valence-corrected chi connectivity index (χ0v) is 23.3. The summed E-state index contributed by atoms with van der Waals surface area (Å²) in [6, 6.07) is 11.0. The molecule has 0 saturated carbocycles. The number of amides is 2. The van der Waals surface area contributed by atoms with Gasteiger partial charge in [-0.2, -0.15) is 0 Å². The minimum Gasteiger partial charge on any atom is -0.350 e. The minimum atomic E-state index is -3.80. The molecular weight excluding hydrogens is 509 g/mol. The van der Waals surface area contributed by atoms with Crippen LogP contribution < -0.4 is 9.62 Å². The fourth-order valence-electron chi connectivity index (χ4n) is 3.42. The van der Waals surface area contributed by atoms with Crippen LogP contribution in [0.3, 0.4) is 0 Å². The molecule has 2 aromatic carbocycles. The highest BCUT2D eigenvalue weighted by atomic mass is 35.5. The first-order valence-electron chi connectivity index (χ1n) is 11.2. The van der Waals surface area contributed by atoms with Gasteiger partial charge in [-0.15, -0.1) is 0 Å². The number of sulfonamides is 1. The van der Waals surface area contributed by atoms with Gasteiger partial charge in [-0.25, -0.2) is 8.42 Å². The highest BCUT2D eigenvalue weighted by Crippen LogP contribution is 2.27. The summed E-state index contributed by atoms with van der Waals surface area (Å²) in [6.07, 6.45) is 1.84. The molecule has 2 rings (SSSR count). The number of halogens is 2. The fourth-order valence-corrected chi connectivity index (χ4v) is 4.79. The van der Waals surface area contributed by atoms with E-state index in [4.69, 9.17) is 23.2 Å². The highest BCUT2D eigenvalue weighted by Gasteiger charge is 2.32. The van der Waals surface area contributed by atoms with Crippen molar-refractivity contribution >= 4 is 50.7 Å². The standard InChI is InChI=1S/C25H33Cl2N3O4S/c1-7-18-11-13-19(14-12-18)30(35(6,33)34)16-23(31)29(17(2)24(32)28-25(3,4)5)15-20-21(26)9-8-10-22(20)27/h8-14,17H,7,15-16H2,1-6H3,(H,28,32). The van der Waals surface area contributed by atoms with Gasteiger partial charge in [0.15, 0.2) is 0 Å². The lowest BCUT2D eigenvalue weighted by Crippen LogP contribution is -2.54. The Morgan fingerprint density at radius 3 is 2.03 bits per heavy atom. The third kappa shape index (κ3) is 8.12. The van der Waals surface area contributed by atoms with E-state index in [9.17, 15) is 18.0 Å². The van der Waals surface area contributed by atoms with Crippen molar-refractivity contribution in [1.29, 1.82) is 0 Å². The van der Waals surface area contributed by atoms with Gasteiger partial charge in [-0.05, 0) is 63.9 Å². The molecule has 10 heteroatoms. The number of rotatable bonds is 9. The largest absolute Gasteiger partial charge is 0.350 e. The number of carbonyl (C=O) groups excluding carboxylic acids is 2. The maximum Gasteiger partial charge on any atom is 0.244 e. The molecule has 0 aliphatic rings. The zero-order valence-electron chi connectivity index (χ0n) is 20.9. The molecule has 0 radical (unpaired) electrons. The van der Waals surface area contributed by atoms with E-state index in [1.807, 2.05) is 39.8 Å². The molecule has 35 heavy (non-hydrogen) atoms. The topological polar surface area (TPSA) is 86.8 Å². The number of hydrogen-bond donors (Lipinski definition) is 1. The van der Waals surface area contributed by atoms with Crippen molar-refractivity contribution in [3.8, 4) is 0 Å². The van der Waals surface area contributed by atoms with Gasteiger partial charge in [0, 0.05) is 27.7 Å². The third-order valence-corrected chi connectivity index (χ3v) is 7.22. The van der Waals surface area contributed by atoms with Gasteiger partial charge in [0.2, 0.25) is 21.8 Å². The molecule has 2 amide bonds. The smallest absolute Gasteiger partial charge is 0.244 e. The van der Waals surface area contributed by atoms with Gasteiger partial charge < -0.3 is 10.2 Å². The molecule has 0 aromatic heterocycles. The molecule has 0 heterocycles. The number of nitrogens with one attached hydrogen (secondary N) is 1. The second kappa shape index (κ2) is 11.6. The Balaban J connectivity index is 2.45.